The van der Waals surface area contributed by atoms with Gasteiger partial charge in [0.05, 0.1) is 17.6 Å². The Morgan fingerprint density at radius 1 is 1.52 bits per heavy atom. The van der Waals surface area contributed by atoms with Crippen molar-refractivity contribution in [2.75, 3.05) is 20.3 Å². The van der Waals surface area contributed by atoms with E-state index in [9.17, 15) is 22.9 Å². The van der Waals surface area contributed by atoms with Crippen LogP contribution >= 0.6 is 0 Å². The van der Waals surface area contributed by atoms with Crippen LogP contribution in [0.1, 0.15) is 6.42 Å². The molecule has 1 aromatic rings. The summed E-state index contributed by atoms with van der Waals surface area (Å²) < 4.78 is 44.8. The van der Waals surface area contributed by atoms with E-state index >= 15 is 0 Å². The van der Waals surface area contributed by atoms with Crippen LogP contribution in [0.2, 0.25) is 0 Å². The first kappa shape index (κ1) is 17.4. The van der Waals surface area contributed by atoms with Crippen molar-refractivity contribution >= 4 is 15.7 Å². The standard InChI is InChI=1S/C11H15FN2O6S/c1-20-7-8(4-5-15)13-21(18,19)11-3-2-9(14(16)17)6-10(11)12/h2-3,6,8,13,15H,4-5,7H2,1H3. The maximum absolute atomic E-state index is 13.7. The maximum atomic E-state index is 13.7. The number of halogens is 1. The van der Waals surface area contributed by atoms with Gasteiger partial charge in [0.25, 0.3) is 5.69 Å². The molecule has 0 aliphatic rings. The van der Waals surface area contributed by atoms with Gasteiger partial charge in [-0.05, 0) is 12.5 Å². The number of non-ortho nitro benzene ring substituents is 1. The molecule has 8 nitrogen and oxygen atoms in total. The van der Waals surface area contributed by atoms with Crippen LogP contribution in [0, 0.1) is 15.9 Å². The summed E-state index contributed by atoms with van der Waals surface area (Å²) in [5.41, 5.74) is -0.546. The molecular formula is C11H15FN2O6S. The SMILES string of the molecule is COCC(CCO)NS(=O)(=O)c1ccc([N+](=O)[O-])cc1F. The van der Waals surface area contributed by atoms with E-state index in [0.29, 0.717) is 6.07 Å². The number of aliphatic hydroxyl groups is 1. The van der Waals surface area contributed by atoms with Crippen LogP contribution in [0.3, 0.4) is 0 Å². The largest absolute Gasteiger partial charge is 0.396 e. The van der Waals surface area contributed by atoms with Gasteiger partial charge in [-0.1, -0.05) is 0 Å². The van der Waals surface area contributed by atoms with Crippen molar-refractivity contribution in [1.82, 2.24) is 4.72 Å². The molecule has 0 heterocycles. The number of nitrogens with one attached hydrogen (secondary N) is 1. The van der Waals surface area contributed by atoms with Gasteiger partial charge >= 0.3 is 0 Å². The smallest absolute Gasteiger partial charge is 0.272 e. The Hall–Kier alpha value is -1.62. The lowest BCUT2D eigenvalue weighted by molar-refractivity contribution is -0.385. The van der Waals surface area contributed by atoms with Gasteiger partial charge in [0, 0.05) is 25.8 Å². The third-order valence-corrected chi connectivity index (χ3v) is 4.14. The van der Waals surface area contributed by atoms with Crippen molar-refractivity contribution in [3.63, 3.8) is 0 Å². The second-order valence-electron chi connectivity index (χ2n) is 4.16. The Morgan fingerprint density at radius 3 is 2.67 bits per heavy atom. The third-order valence-electron chi connectivity index (χ3n) is 2.58. The highest BCUT2D eigenvalue weighted by Crippen LogP contribution is 2.20. The van der Waals surface area contributed by atoms with Crippen LogP contribution in [0.5, 0.6) is 0 Å². The number of nitro groups is 1. The Morgan fingerprint density at radius 2 is 2.19 bits per heavy atom. The first-order valence-corrected chi connectivity index (χ1v) is 7.36. The van der Waals surface area contributed by atoms with E-state index in [0.717, 1.165) is 12.1 Å². The molecule has 1 rings (SSSR count). The summed E-state index contributed by atoms with van der Waals surface area (Å²) >= 11 is 0. The molecule has 0 aromatic heterocycles. The molecule has 0 fully saturated rings. The molecule has 0 saturated carbocycles. The molecule has 0 aliphatic heterocycles. The third kappa shape index (κ3) is 4.70. The molecule has 1 atom stereocenters. The summed E-state index contributed by atoms with van der Waals surface area (Å²) in [5, 5.41) is 19.3. The molecule has 118 valence electrons. The van der Waals surface area contributed by atoms with E-state index in [1.807, 2.05) is 0 Å². The highest BCUT2D eigenvalue weighted by molar-refractivity contribution is 7.89. The minimum Gasteiger partial charge on any atom is -0.396 e. The van der Waals surface area contributed by atoms with Gasteiger partial charge in [-0.25, -0.2) is 17.5 Å². The number of methoxy groups -OCH3 is 1. The van der Waals surface area contributed by atoms with Gasteiger partial charge < -0.3 is 9.84 Å². The first-order chi connectivity index (χ1) is 9.81. The molecular weight excluding hydrogens is 307 g/mol. The zero-order valence-electron chi connectivity index (χ0n) is 11.2. The van der Waals surface area contributed by atoms with Crippen molar-refractivity contribution in [2.45, 2.75) is 17.4 Å². The molecule has 10 heteroatoms. The molecule has 2 N–H and O–H groups in total. The fourth-order valence-electron chi connectivity index (χ4n) is 1.64. The minimum atomic E-state index is -4.22. The van der Waals surface area contributed by atoms with Gasteiger partial charge in [0.1, 0.15) is 10.7 Å². The number of rotatable bonds is 8. The summed E-state index contributed by atoms with van der Waals surface area (Å²) in [4.78, 5) is 8.96. The average molecular weight is 322 g/mol. The van der Waals surface area contributed by atoms with E-state index in [-0.39, 0.29) is 19.6 Å². The van der Waals surface area contributed by atoms with Crippen molar-refractivity contribution in [1.29, 1.82) is 0 Å². The van der Waals surface area contributed by atoms with Gasteiger partial charge in [-0.15, -0.1) is 0 Å². The highest BCUT2D eigenvalue weighted by atomic mass is 32.2. The monoisotopic (exact) mass is 322 g/mol. The van der Waals surface area contributed by atoms with Crippen molar-refractivity contribution in [3.8, 4) is 0 Å². The van der Waals surface area contributed by atoms with Crippen LogP contribution in [0.15, 0.2) is 23.1 Å². The first-order valence-electron chi connectivity index (χ1n) is 5.88. The Balaban J connectivity index is 3.04. The molecule has 0 amide bonds. The summed E-state index contributed by atoms with van der Waals surface area (Å²) in [6.07, 6.45) is 0.0850. The Kier molecular flexibility index (Phi) is 6.15. The van der Waals surface area contributed by atoms with Crippen LogP contribution in [-0.4, -0.2) is 44.8 Å². The predicted molar refractivity (Wildman–Crippen MR) is 70.7 cm³/mol. The Bertz CT molecular complexity index is 601. The summed E-state index contributed by atoms with van der Waals surface area (Å²) in [7, 11) is -2.86. The van der Waals surface area contributed by atoms with E-state index in [1.54, 1.807) is 0 Å². The fourth-order valence-corrected chi connectivity index (χ4v) is 2.95. The molecule has 0 bridgehead atoms. The predicted octanol–water partition coefficient (Wildman–Crippen LogP) is 0.410. The number of sulfonamides is 1. The van der Waals surface area contributed by atoms with E-state index < -0.39 is 37.4 Å². The second kappa shape index (κ2) is 7.41. The number of benzene rings is 1. The minimum absolute atomic E-state index is 0.00557. The highest BCUT2D eigenvalue weighted by Gasteiger charge is 2.24. The number of hydrogen-bond donors (Lipinski definition) is 2. The average Bonchev–Trinajstić information content (AvgIpc) is 2.38. The summed E-state index contributed by atoms with van der Waals surface area (Å²) in [6, 6.07) is 1.51. The lowest BCUT2D eigenvalue weighted by Gasteiger charge is -2.17. The Labute approximate surface area is 120 Å². The number of nitrogens with zero attached hydrogens (tertiary/aromatic N) is 1. The van der Waals surface area contributed by atoms with E-state index in [1.165, 1.54) is 7.11 Å². The normalized spacial score (nSPS) is 13.1. The van der Waals surface area contributed by atoms with Gasteiger partial charge in [0.15, 0.2) is 0 Å². The maximum Gasteiger partial charge on any atom is 0.272 e. The number of ether oxygens (including phenoxy) is 1. The summed E-state index contributed by atoms with van der Waals surface area (Å²) in [5.74, 6) is -1.23. The summed E-state index contributed by atoms with van der Waals surface area (Å²) in [6.45, 7) is -0.284. The fraction of sp³-hybridized carbons (Fsp3) is 0.455. The topological polar surface area (TPSA) is 119 Å². The van der Waals surface area contributed by atoms with Gasteiger partial charge in [0.2, 0.25) is 10.0 Å². The van der Waals surface area contributed by atoms with Crippen molar-refractivity contribution in [3.05, 3.63) is 34.1 Å². The molecule has 0 spiro atoms. The van der Waals surface area contributed by atoms with E-state index in [4.69, 9.17) is 9.84 Å². The molecule has 0 aliphatic carbocycles. The zero-order valence-corrected chi connectivity index (χ0v) is 12.0. The lowest BCUT2D eigenvalue weighted by Crippen LogP contribution is -2.39. The number of hydrogen-bond acceptors (Lipinski definition) is 6. The molecule has 1 unspecified atom stereocenters. The van der Waals surface area contributed by atoms with Crippen LogP contribution < -0.4 is 4.72 Å². The van der Waals surface area contributed by atoms with Crippen LogP contribution in [-0.2, 0) is 14.8 Å². The van der Waals surface area contributed by atoms with Crippen LogP contribution in [0.25, 0.3) is 0 Å². The van der Waals surface area contributed by atoms with Gasteiger partial charge in [-0.3, -0.25) is 10.1 Å². The van der Waals surface area contributed by atoms with Crippen molar-refractivity contribution < 1.29 is 27.6 Å². The molecule has 1 aromatic carbocycles. The lowest BCUT2D eigenvalue weighted by atomic mass is 10.2. The van der Waals surface area contributed by atoms with E-state index in [2.05, 4.69) is 4.72 Å². The van der Waals surface area contributed by atoms with Gasteiger partial charge in [-0.2, -0.15) is 0 Å². The van der Waals surface area contributed by atoms with Crippen LogP contribution in [0.4, 0.5) is 10.1 Å². The molecule has 0 radical (unpaired) electrons. The number of nitro benzene ring substituents is 1. The quantitative estimate of drug-likeness (QED) is 0.528. The number of aliphatic hydroxyl groups excluding tert-OH is 1. The molecule has 0 saturated heterocycles. The van der Waals surface area contributed by atoms with Crippen molar-refractivity contribution in [2.24, 2.45) is 0 Å². The second-order valence-corrected chi connectivity index (χ2v) is 5.84. The zero-order chi connectivity index (χ0) is 16.0. The molecule has 21 heavy (non-hydrogen) atoms.